The third-order valence-corrected chi connectivity index (χ3v) is 12.9. The van der Waals surface area contributed by atoms with Crippen LogP contribution in [0.25, 0.3) is 125 Å². The van der Waals surface area contributed by atoms with Crippen LogP contribution < -0.4 is 0 Å². The van der Waals surface area contributed by atoms with E-state index in [0.29, 0.717) is 17.5 Å². The van der Waals surface area contributed by atoms with Gasteiger partial charge in [0.15, 0.2) is 17.5 Å². The maximum atomic E-state index is 6.61. The van der Waals surface area contributed by atoms with Gasteiger partial charge in [-0.2, -0.15) is 0 Å². The number of hydrogen-bond donors (Lipinski definition) is 0. The van der Waals surface area contributed by atoms with Crippen LogP contribution in [-0.2, 0) is 0 Å². The zero-order chi connectivity index (χ0) is 38.6. The Balaban J connectivity index is 1.19. The average molecular weight is 771 g/mol. The van der Waals surface area contributed by atoms with Gasteiger partial charge in [0, 0.05) is 52.8 Å². The lowest BCUT2D eigenvalue weighted by Gasteiger charge is -2.16. The van der Waals surface area contributed by atoms with Gasteiger partial charge in [-0.1, -0.05) is 127 Å². The molecule has 9 aromatic carbocycles. The zero-order valence-electron chi connectivity index (χ0n) is 31.4. The Morgan fingerprint density at radius 3 is 1.97 bits per heavy atom. The topological polar surface area (TPSA) is 56.7 Å². The highest BCUT2D eigenvalue weighted by Crippen LogP contribution is 2.45. The summed E-state index contributed by atoms with van der Waals surface area (Å²) < 4.78 is 11.4. The van der Waals surface area contributed by atoms with Crippen LogP contribution in [0.3, 0.4) is 0 Å². The van der Waals surface area contributed by atoms with Crippen LogP contribution >= 0.6 is 11.3 Å². The lowest BCUT2D eigenvalue weighted by molar-refractivity contribution is 0.669. The van der Waals surface area contributed by atoms with E-state index in [0.717, 1.165) is 71.5 Å². The molecule has 0 aliphatic heterocycles. The number of para-hydroxylation sites is 2. The van der Waals surface area contributed by atoms with Gasteiger partial charge in [0.25, 0.3) is 0 Å². The summed E-state index contributed by atoms with van der Waals surface area (Å²) >= 11 is 1.79. The van der Waals surface area contributed by atoms with E-state index in [4.69, 9.17) is 19.4 Å². The highest BCUT2D eigenvalue weighted by Gasteiger charge is 2.25. The maximum absolute atomic E-state index is 6.61. The molecule has 274 valence electrons. The monoisotopic (exact) mass is 770 g/mol. The number of furan rings is 1. The van der Waals surface area contributed by atoms with Gasteiger partial charge in [-0.15, -0.1) is 11.3 Å². The second-order valence-electron chi connectivity index (χ2n) is 15.1. The molecule has 59 heavy (non-hydrogen) atoms. The Bertz CT molecular complexity index is 3870. The minimum atomic E-state index is 0.577. The highest BCUT2D eigenvalue weighted by molar-refractivity contribution is 7.25. The molecule has 0 fully saturated rings. The van der Waals surface area contributed by atoms with E-state index in [-0.39, 0.29) is 0 Å². The summed E-state index contributed by atoms with van der Waals surface area (Å²) in [7, 11) is 0. The quantitative estimate of drug-likeness (QED) is 0.179. The summed E-state index contributed by atoms with van der Waals surface area (Å²) in [6.45, 7) is 0. The maximum Gasteiger partial charge on any atom is 0.166 e. The highest BCUT2D eigenvalue weighted by atomic mass is 32.1. The molecule has 13 aromatic rings. The third-order valence-electron chi connectivity index (χ3n) is 11.8. The second kappa shape index (κ2) is 12.4. The molecule has 0 aliphatic rings. The van der Waals surface area contributed by atoms with Crippen molar-refractivity contribution >= 4 is 96.8 Å². The van der Waals surface area contributed by atoms with Crippen LogP contribution in [0.5, 0.6) is 0 Å². The first-order valence-corrected chi connectivity index (χ1v) is 20.6. The molecule has 0 spiro atoms. The molecule has 0 aliphatic carbocycles. The molecule has 0 saturated heterocycles. The van der Waals surface area contributed by atoms with Crippen LogP contribution in [0.2, 0.25) is 0 Å². The van der Waals surface area contributed by atoms with E-state index in [2.05, 4.69) is 174 Å². The van der Waals surface area contributed by atoms with Crippen molar-refractivity contribution in [1.29, 1.82) is 0 Å². The van der Waals surface area contributed by atoms with E-state index in [1.165, 1.54) is 36.3 Å². The van der Waals surface area contributed by atoms with Crippen molar-refractivity contribution in [3.05, 3.63) is 182 Å². The van der Waals surface area contributed by atoms with Gasteiger partial charge in [0.1, 0.15) is 11.2 Å². The molecule has 0 bridgehead atoms. The predicted octanol–water partition coefficient (Wildman–Crippen LogP) is 14.5. The Morgan fingerprint density at radius 2 is 1.08 bits per heavy atom. The number of hydrogen-bond acceptors (Lipinski definition) is 5. The van der Waals surface area contributed by atoms with Crippen molar-refractivity contribution in [2.24, 2.45) is 0 Å². The van der Waals surface area contributed by atoms with Crippen molar-refractivity contribution in [2.45, 2.75) is 0 Å². The summed E-state index contributed by atoms with van der Waals surface area (Å²) in [5, 5.41) is 11.4. The van der Waals surface area contributed by atoms with Gasteiger partial charge in [-0.3, -0.25) is 0 Å². The Kier molecular flexibility index (Phi) is 6.82. The minimum absolute atomic E-state index is 0.577. The summed E-state index contributed by atoms with van der Waals surface area (Å²) in [6.07, 6.45) is 0. The molecule has 4 aromatic heterocycles. The third kappa shape index (κ3) is 4.87. The van der Waals surface area contributed by atoms with Crippen molar-refractivity contribution in [3.8, 4) is 39.9 Å². The number of fused-ring (bicyclic) bond motifs is 11. The van der Waals surface area contributed by atoms with Crippen LogP contribution in [0.1, 0.15) is 0 Å². The van der Waals surface area contributed by atoms with Gasteiger partial charge < -0.3 is 8.98 Å². The van der Waals surface area contributed by atoms with E-state index >= 15 is 0 Å². The minimum Gasteiger partial charge on any atom is -0.456 e. The molecule has 4 heterocycles. The number of nitrogens with zero attached hydrogens (tertiary/aromatic N) is 4. The average Bonchev–Trinajstić information content (AvgIpc) is 3.97. The molecule has 6 heteroatoms. The number of thiophene rings is 1. The Labute approximate surface area is 341 Å². The molecular weight excluding hydrogens is 741 g/mol. The number of benzene rings is 9. The summed E-state index contributed by atoms with van der Waals surface area (Å²) in [5.74, 6) is 1.81. The largest absolute Gasteiger partial charge is 0.456 e. The summed E-state index contributed by atoms with van der Waals surface area (Å²) in [6, 6.07) is 64.4. The first-order valence-electron chi connectivity index (χ1n) is 19.8. The van der Waals surface area contributed by atoms with Crippen LogP contribution in [0, 0.1) is 0 Å². The lowest BCUT2D eigenvalue weighted by Crippen LogP contribution is -2.04. The van der Waals surface area contributed by atoms with Crippen molar-refractivity contribution < 1.29 is 4.42 Å². The molecule has 0 amide bonds. The summed E-state index contributed by atoms with van der Waals surface area (Å²) in [5.41, 5.74) is 7.54. The van der Waals surface area contributed by atoms with Crippen molar-refractivity contribution in [1.82, 2.24) is 19.5 Å². The van der Waals surface area contributed by atoms with E-state index in [9.17, 15) is 0 Å². The number of rotatable bonds is 4. The van der Waals surface area contributed by atoms with Gasteiger partial charge in [-0.05, 0) is 76.1 Å². The Hall–Kier alpha value is -7.67. The van der Waals surface area contributed by atoms with Gasteiger partial charge >= 0.3 is 0 Å². The predicted molar refractivity (Wildman–Crippen MR) is 246 cm³/mol. The van der Waals surface area contributed by atoms with Crippen molar-refractivity contribution in [2.75, 3.05) is 0 Å². The van der Waals surface area contributed by atoms with Gasteiger partial charge in [0.05, 0.1) is 22.3 Å². The van der Waals surface area contributed by atoms with Gasteiger partial charge in [0.2, 0.25) is 0 Å². The van der Waals surface area contributed by atoms with Gasteiger partial charge in [-0.25, -0.2) is 15.0 Å². The van der Waals surface area contributed by atoms with Crippen LogP contribution in [-0.4, -0.2) is 19.5 Å². The fourth-order valence-corrected chi connectivity index (χ4v) is 10.3. The van der Waals surface area contributed by atoms with E-state index in [1.807, 2.05) is 12.1 Å². The lowest BCUT2D eigenvalue weighted by atomic mass is 10.0. The molecule has 5 nitrogen and oxygen atoms in total. The normalized spacial score (nSPS) is 12.1. The molecule has 0 N–H and O–H groups in total. The molecular formula is C53H30N4OS. The molecule has 0 saturated carbocycles. The zero-order valence-corrected chi connectivity index (χ0v) is 32.2. The van der Waals surface area contributed by atoms with E-state index < -0.39 is 0 Å². The first-order chi connectivity index (χ1) is 29.2. The van der Waals surface area contributed by atoms with Crippen LogP contribution in [0.4, 0.5) is 0 Å². The Morgan fingerprint density at radius 1 is 0.407 bits per heavy atom. The fourth-order valence-electron chi connectivity index (χ4n) is 9.16. The van der Waals surface area contributed by atoms with Crippen LogP contribution in [0.15, 0.2) is 186 Å². The van der Waals surface area contributed by atoms with E-state index in [1.54, 1.807) is 11.3 Å². The molecule has 13 rings (SSSR count). The fraction of sp³-hybridized carbons (Fsp3) is 0. The SMILES string of the molecule is c1ccc2cc(-c3nc(-c4c(-n5c6ccccc6c6cc7ccccc7cc65)ccc5oc6ccccc6c45)nc(-c4cccc5sc6ccccc6c45)n3)ccc2c1. The molecule has 0 unspecified atom stereocenters. The standard InChI is InChI=1S/C53H30N4OS/c1-2-13-32-28-35(25-24-31(32)12-1)51-54-52(39-19-11-23-47-48(39)38-18-7-10-22-46(38)59-47)56-53(55-51)50-42(26-27-45-49(50)37-17-6-9-21-44(37)58-45)57-41-20-8-5-16-36(41)40-29-33-14-3-4-15-34(33)30-43(40)57/h1-30H. The van der Waals surface area contributed by atoms with Crippen molar-refractivity contribution in [3.63, 3.8) is 0 Å². The number of aromatic nitrogens is 4. The smallest absolute Gasteiger partial charge is 0.166 e. The molecule has 0 atom stereocenters. The summed E-state index contributed by atoms with van der Waals surface area (Å²) in [4.78, 5) is 16.4. The second-order valence-corrected chi connectivity index (χ2v) is 16.2. The molecule has 0 radical (unpaired) electrons. The first kappa shape index (κ1) is 32.4.